The van der Waals surface area contributed by atoms with Gasteiger partial charge in [-0.1, -0.05) is 6.92 Å². The molecule has 0 radical (unpaired) electrons. The van der Waals surface area contributed by atoms with E-state index in [1.807, 2.05) is 30.4 Å². The predicted octanol–water partition coefficient (Wildman–Crippen LogP) is 2.09. The van der Waals surface area contributed by atoms with E-state index in [0.29, 0.717) is 0 Å². The Morgan fingerprint density at radius 2 is 2.05 bits per heavy atom. The second-order valence-corrected chi connectivity index (χ2v) is 5.44. The van der Waals surface area contributed by atoms with E-state index in [9.17, 15) is 0 Å². The maximum atomic E-state index is 5.45. The summed E-state index contributed by atoms with van der Waals surface area (Å²) in [6, 6.07) is 0. The highest BCUT2D eigenvalue weighted by atomic mass is 32.1. The van der Waals surface area contributed by atoms with Crippen LogP contribution in [0, 0.1) is 11.7 Å². The van der Waals surface area contributed by atoms with Crippen LogP contribution in [0.1, 0.15) is 23.9 Å². The largest absolute Gasteiger partial charge is 0.328 e. The minimum atomic E-state index is 0.717. The zero-order valence-corrected chi connectivity index (χ0v) is 13.0. The van der Waals surface area contributed by atoms with Crippen molar-refractivity contribution < 1.29 is 0 Å². The van der Waals surface area contributed by atoms with Gasteiger partial charge in [-0.05, 0) is 25.6 Å². The molecule has 0 aromatic carbocycles. The van der Waals surface area contributed by atoms with Gasteiger partial charge in [-0.2, -0.15) is 10.2 Å². The molecule has 1 N–H and O–H groups in total. The van der Waals surface area contributed by atoms with Crippen LogP contribution in [-0.2, 0) is 27.1 Å². The van der Waals surface area contributed by atoms with Gasteiger partial charge in [0, 0.05) is 25.9 Å². The van der Waals surface area contributed by atoms with E-state index in [1.165, 1.54) is 5.56 Å². The first-order chi connectivity index (χ1) is 9.51. The third-order valence-corrected chi connectivity index (χ3v) is 3.90. The van der Waals surface area contributed by atoms with Crippen molar-refractivity contribution in [2.24, 2.45) is 14.1 Å². The Morgan fingerprint density at radius 1 is 1.30 bits per heavy atom. The van der Waals surface area contributed by atoms with E-state index >= 15 is 0 Å². The topological polar surface area (TPSA) is 56.4 Å². The Hall–Kier alpha value is -1.89. The van der Waals surface area contributed by atoms with Crippen LogP contribution >= 0.6 is 12.2 Å². The van der Waals surface area contributed by atoms with Gasteiger partial charge in [0.1, 0.15) is 5.52 Å². The van der Waals surface area contributed by atoms with Gasteiger partial charge in [-0.25, -0.2) is 0 Å². The van der Waals surface area contributed by atoms with Crippen LogP contribution in [0.4, 0.5) is 0 Å². The first-order valence-corrected chi connectivity index (χ1v) is 7.05. The van der Waals surface area contributed by atoms with E-state index in [0.717, 1.165) is 40.3 Å². The van der Waals surface area contributed by atoms with E-state index in [1.54, 1.807) is 0 Å². The van der Waals surface area contributed by atoms with Crippen LogP contribution in [-0.4, -0.2) is 29.1 Å². The molecule has 0 aliphatic carbocycles. The standard InChI is InChI=1S/C13H18N6S/c1-5-10-9(6-17(3)16-10)7-19-12-11(14-13(19)20)8(2)15-18(12)4/h6H,5,7H2,1-4H3,(H,14,20). The number of aromatic amines is 1. The lowest BCUT2D eigenvalue weighted by atomic mass is 10.2. The quantitative estimate of drug-likeness (QED) is 0.751. The van der Waals surface area contributed by atoms with E-state index in [4.69, 9.17) is 12.2 Å². The molecule has 0 saturated carbocycles. The fourth-order valence-electron chi connectivity index (χ4n) is 2.70. The number of rotatable bonds is 3. The fraction of sp³-hybridized carbons (Fsp3) is 0.462. The molecule has 0 unspecified atom stereocenters. The monoisotopic (exact) mass is 290 g/mol. The second kappa shape index (κ2) is 4.59. The maximum Gasteiger partial charge on any atom is 0.179 e. The highest BCUT2D eigenvalue weighted by molar-refractivity contribution is 7.71. The Bertz CT molecular complexity index is 831. The summed E-state index contributed by atoms with van der Waals surface area (Å²) in [6.07, 6.45) is 2.98. The molecular formula is C13H18N6S. The lowest BCUT2D eigenvalue weighted by molar-refractivity contribution is 0.712. The molecule has 6 nitrogen and oxygen atoms in total. The van der Waals surface area contributed by atoms with Crippen molar-refractivity contribution in [3.8, 4) is 0 Å². The molecule has 0 aliphatic rings. The molecule has 0 spiro atoms. The molecular weight excluding hydrogens is 272 g/mol. The van der Waals surface area contributed by atoms with Crippen molar-refractivity contribution in [1.29, 1.82) is 0 Å². The van der Waals surface area contributed by atoms with E-state index in [2.05, 4.69) is 32.9 Å². The summed E-state index contributed by atoms with van der Waals surface area (Å²) in [4.78, 5) is 3.25. The minimum absolute atomic E-state index is 0.717. The van der Waals surface area contributed by atoms with Gasteiger partial charge in [0.05, 0.1) is 17.9 Å². The fourth-order valence-corrected chi connectivity index (χ4v) is 2.96. The van der Waals surface area contributed by atoms with Crippen molar-refractivity contribution in [1.82, 2.24) is 29.1 Å². The van der Waals surface area contributed by atoms with Crippen molar-refractivity contribution in [3.63, 3.8) is 0 Å². The van der Waals surface area contributed by atoms with E-state index < -0.39 is 0 Å². The van der Waals surface area contributed by atoms with Crippen LogP contribution in [0.15, 0.2) is 6.20 Å². The minimum Gasteiger partial charge on any atom is -0.328 e. The summed E-state index contributed by atoms with van der Waals surface area (Å²) >= 11 is 5.45. The van der Waals surface area contributed by atoms with Crippen molar-refractivity contribution in [2.45, 2.75) is 26.8 Å². The number of hydrogen-bond donors (Lipinski definition) is 1. The maximum absolute atomic E-state index is 5.45. The third kappa shape index (κ3) is 1.89. The Balaban J connectivity index is 2.15. The van der Waals surface area contributed by atoms with Gasteiger partial charge in [0.2, 0.25) is 0 Å². The van der Waals surface area contributed by atoms with Crippen molar-refractivity contribution in [3.05, 3.63) is 27.9 Å². The molecule has 20 heavy (non-hydrogen) atoms. The molecule has 0 saturated heterocycles. The Kier molecular flexibility index (Phi) is 3.01. The number of H-pyrrole nitrogens is 1. The average molecular weight is 290 g/mol. The molecule has 0 bridgehead atoms. The van der Waals surface area contributed by atoms with Crippen LogP contribution in [0.2, 0.25) is 0 Å². The van der Waals surface area contributed by atoms with Crippen LogP contribution in [0.3, 0.4) is 0 Å². The summed E-state index contributed by atoms with van der Waals surface area (Å²) in [7, 11) is 3.89. The van der Waals surface area contributed by atoms with Crippen LogP contribution in [0.25, 0.3) is 11.2 Å². The summed E-state index contributed by atoms with van der Waals surface area (Å²) in [5, 5.41) is 8.92. The number of nitrogens with zero attached hydrogens (tertiary/aromatic N) is 5. The molecule has 0 amide bonds. The van der Waals surface area contributed by atoms with Gasteiger partial charge in [-0.3, -0.25) is 13.9 Å². The number of aryl methyl sites for hydroxylation is 4. The molecule has 0 aliphatic heterocycles. The average Bonchev–Trinajstić information content (AvgIpc) is 2.98. The lowest BCUT2D eigenvalue weighted by Gasteiger charge is -2.04. The first kappa shape index (κ1) is 13.1. The molecule has 3 rings (SSSR count). The molecule has 3 aromatic heterocycles. The van der Waals surface area contributed by atoms with Gasteiger partial charge in [-0.15, -0.1) is 0 Å². The van der Waals surface area contributed by atoms with Gasteiger partial charge in [0.25, 0.3) is 0 Å². The highest BCUT2D eigenvalue weighted by Gasteiger charge is 2.15. The van der Waals surface area contributed by atoms with Gasteiger partial charge in [0.15, 0.2) is 10.4 Å². The lowest BCUT2D eigenvalue weighted by Crippen LogP contribution is -2.05. The number of hydrogen-bond acceptors (Lipinski definition) is 3. The first-order valence-electron chi connectivity index (χ1n) is 6.64. The SMILES string of the molecule is CCc1nn(C)cc1Cn1c(=S)[nH]c2c(C)nn(C)c21. The summed E-state index contributed by atoms with van der Waals surface area (Å²) in [5.41, 5.74) is 5.32. The van der Waals surface area contributed by atoms with Crippen LogP contribution < -0.4 is 0 Å². The Labute approximate surface area is 122 Å². The number of aromatic nitrogens is 6. The number of fused-ring (bicyclic) bond motifs is 1. The van der Waals surface area contributed by atoms with Crippen molar-refractivity contribution >= 4 is 23.4 Å². The number of imidazole rings is 1. The molecule has 0 fully saturated rings. The third-order valence-electron chi connectivity index (χ3n) is 3.58. The summed E-state index contributed by atoms with van der Waals surface area (Å²) in [6.45, 7) is 4.82. The summed E-state index contributed by atoms with van der Waals surface area (Å²) < 4.78 is 6.54. The van der Waals surface area contributed by atoms with Crippen molar-refractivity contribution in [2.75, 3.05) is 0 Å². The van der Waals surface area contributed by atoms with Crippen LogP contribution in [0.5, 0.6) is 0 Å². The smallest absolute Gasteiger partial charge is 0.179 e. The zero-order valence-electron chi connectivity index (χ0n) is 12.1. The number of nitrogens with one attached hydrogen (secondary N) is 1. The van der Waals surface area contributed by atoms with E-state index in [-0.39, 0.29) is 0 Å². The normalized spacial score (nSPS) is 11.6. The molecule has 0 atom stereocenters. The molecule has 3 aromatic rings. The predicted molar refractivity (Wildman–Crippen MR) is 80.3 cm³/mol. The molecule has 106 valence electrons. The second-order valence-electron chi connectivity index (χ2n) is 5.05. The molecule has 3 heterocycles. The molecule has 7 heteroatoms. The van der Waals surface area contributed by atoms with Gasteiger partial charge >= 0.3 is 0 Å². The Morgan fingerprint density at radius 3 is 2.75 bits per heavy atom. The zero-order chi connectivity index (χ0) is 14.4. The summed E-state index contributed by atoms with van der Waals surface area (Å²) in [5.74, 6) is 0. The highest BCUT2D eigenvalue weighted by Crippen LogP contribution is 2.19. The van der Waals surface area contributed by atoms with Gasteiger partial charge < -0.3 is 4.98 Å².